The van der Waals surface area contributed by atoms with E-state index in [1.807, 2.05) is 48.5 Å². The highest BCUT2D eigenvalue weighted by atomic mass is 79.9. The molecule has 0 atom stereocenters. The molecule has 0 bridgehead atoms. The molecule has 134 valence electrons. The summed E-state index contributed by atoms with van der Waals surface area (Å²) in [5.41, 5.74) is 1.25. The summed E-state index contributed by atoms with van der Waals surface area (Å²) < 4.78 is 2.29. The summed E-state index contributed by atoms with van der Waals surface area (Å²) in [6.07, 6.45) is 1.67. The molecule has 0 saturated carbocycles. The third-order valence-corrected chi connectivity index (χ3v) is 4.92. The average Bonchev–Trinajstić information content (AvgIpc) is 2.68. The van der Waals surface area contributed by atoms with Crippen LogP contribution >= 0.6 is 15.9 Å². The first kappa shape index (κ1) is 17.4. The number of halogens is 1. The first-order valence-electron chi connectivity index (χ1n) is 8.54. The number of aryl methyl sites for hydroxylation is 1. The largest absolute Gasteiger partial charge is 0.325 e. The Labute approximate surface area is 163 Å². The second-order valence-electron chi connectivity index (χ2n) is 6.23. The van der Waals surface area contributed by atoms with E-state index in [2.05, 4.69) is 26.2 Å². The third-order valence-electron chi connectivity index (χ3n) is 4.43. The van der Waals surface area contributed by atoms with Gasteiger partial charge >= 0.3 is 0 Å². The molecule has 0 aliphatic heterocycles. The number of hydrogen-bond acceptors (Lipinski definition) is 3. The highest BCUT2D eigenvalue weighted by Crippen LogP contribution is 2.23. The van der Waals surface area contributed by atoms with Crippen LogP contribution in [0, 0.1) is 0 Å². The Morgan fingerprint density at radius 1 is 1.04 bits per heavy atom. The molecule has 0 fully saturated rings. The zero-order valence-corrected chi connectivity index (χ0v) is 15.9. The average molecular weight is 422 g/mol. The van der Waals surface area contributed by atoms with Gasteiger partial charge in [0.15, 0.2) is 0 Å². The maximum Gasteiger partial charge on any atom is 0.261 e. The Kier molecular flexibility index (Phi) is 4.73. The molecule has 0 aliphatic carbocycles. The van der Waals surface area contributed by atoms with Crippen LogP contribution in [0.5, 0.6) is 0 Å². The van der Waals surface area contributed by atoms with E-state index in [-0.39, 0.29) is 24.4 Å². The van der Waals surface area contributed by atoms with Crippen LogP contribution in [0.3, 0.4) is 0 Å². The van der Waals surface area contributed by atoms with E-state index in [1.54, 1.807) is 12.1 Å². The number of benzene rings is 3. The van der Waals surface area contributed by atoms with E-state index < -0.39 is 0 Å². The fourth-order valence-electron chi connectivity index (χ4n) is 3.06. The molecule has 6 heteroatoms. The number of hydrogen-bond donors (Lipinski definition) is 1. The molecule has 1 aromatic heterocycles. The molecule has 4 aromatic rings. The van der Waals surface area contributed by atoms with Crippen LogP contribution in [0.15, 0.2) is 76.3 Å². The maximum absolute atomic E-state index is 12.6. The molecule has 4 rings (SSSR count). The monoisotopic (exact) mass is 421 g/mol. The van der Waals surface area contributed by atoms with Crippen LogP contribution < -0.4 is 10.9 Å². The Morgan fingerprint density at radius 3 is 2.74 bits per heavy atom. The van der Waals surface area contributed by atoms with Crippen molar-refractivity contribution in [2.24, 2.45) is 0 Å². The summed E-state index contributed by atoms with van der Waals surface area (Å²) in [4.78, 5) is 29.3. The van der Waals surface area contributed by atoms with Gasteiger partial charge in [-0.15, -0.1) is 0 Å². The van der Waals surface area contributed by atoms with Crippen LogP contribution in [0.1, 0.15) is 6.42 Å². The lowest BCUT2D eigenvalue weighted by Gasteiger charge is -2.10. The summed E-state index contributed by atoms with van der Waals surface area (Å²) >= 11 is 3.37. The molecule has 0 radical (unpaired) electrons. The maximum atomic E-state index is 12.6. The fraction of sp³-hybridized carbons (Fsp3) is 0.0952. The number of nitrogens with one attached hydrogen (secondary N) is 1. The molecule has 0 unspecified atom stereocenters. The van der Waals surface area contributed by atoms with Crippen molar-refractivity contribution in [1.29, 1.82) is 0 Å². The van der Waals surface area contributed by atoms with Gasteiger partial charge in [0.25, 0.3) is 5.56 Å². The minimum absolute atomic E-state index is 0.146. The van der Waals surface area contributed by atoms with E-state index in [4.69, 9.17) is 0 Å². The lowest BCUT2D eigenvalue weighted by molar-refractivity contribution is -0.116. The van der Waals surface area contributed by atoms with Crippen LogP contribution in [0.25, 0.3) is 21.7 Å². The van der Waals surface area contributed by atoms with Crippen molar-refractivity contribution in [3.63, 3.8) is 0 Å². The topological polar surface area (TPSA) is 64.0 Å². The first-order valence-corrected chi connectivity index (χ1v) is 9.33. The van der Waals surface area contributed by atoms with Crippen LogP contribution in [-0.4, -0.2) is 15.5 Å². The van der Waals surface area contributed by atoms with Crippen molar-refractivity contribution in [2.75, 3.05) is 5.32 Å². The van der Waals surface area contributed by atoms with Gasteiger partial charge < -0.3 is 5.32 Å². The van der Waals surface area contributed by atoms with Crippen molar-refractivity contribution in [3.8, 4) is 0 Å². The van der Waals surface area contributed by atoms with Gasteiger partial charge in [-0.25, -0.2) is 4.98 Å². The van der Waals surface area contributed by atoms with Gasteiger partial charge in [-0.3, -0.25) is 14.2 Å². The van der Waals surface area contributed by atoms with E-state index in [0.29, 0.717) is 10.9 Å². The number of nitrogens with zero attached hydrogens (tertiary/aromatic N) is 2. The zero-order valence-electron chi connectivity index (χ0n) is 14.4. The lowest BCUT2D eigenvalue weighted by atomic mass is 10.1. The van der Waals surface area contributed by atoms with Crippen LogP contribution in [-0.2, 0) is 11.3 Å². The first-order chi connectivity index (χ1) is 13.1. The Hall–Kier alpha value is -2.99. The second-order valence-corrected chi connectivity index (χ2v) is 7.15. The summed E-state index contributed by atoms with van der Waals surface area (Å²) in [5, 5.41) is 5.52. The van der Waals surface area contributed by atoms with Crippen LogP contribution in [0.4, 0.5) is 5.69 Å². The molecule has 3 aromatic carbocycles. The van der Waals surface area contributed by atoms with Gasteiger partial charge in [0.2, 0.25) is 5.91 Å². The number of carbonyl (C=O) groups is 1. The molecule has 0 spiro atoms. The van der Waals surface area contributed by atoms with Crippen LogP contribution in [0.2, 0.25) is 0 Å². The lowest BCUT2D eigenvalue weighted by Crippen LogP contribution is -2.23. The van der Waals surface area contributed by atoms with Gasteiger partial charge in [-0.05, 0) is 29.7 Å². The molecular formula is C21H16BrN3O2. The minimum Gasteiger partial charge on any atom is -0.325 e. The van der Waals surface area contributed by atoms with E-state index in [1.165, 1.54) is 10.9 Å². The van der Waals surface area contributed by atoms with Crippen molar-refractivity contribution in [2.45, 2.75) is 13.0 Å². The van der Waals surface area contributed by atoms with Gasteiger partial charge in [0, 0.05) is 28.5 Å². The molecule has 0 saturated heterocycles. The molecule has 1 heterocycles. The van der Waals surface area contributed by atoms with Gasteiger partial charge in [0.05, 0.1) is 17.2 Å². The second kappa shape index (κ2) is 7.32. The van der Waals surface area contributed by atoms with Gasteiger partial charge in [-0.1, -0.05) is 52.3 Å². The highest BCUT2D eigenvalue weighted by molar-refractivity contribution is 9.10. The highest BCUT2D eigenvalue weighted by Gasteiger charge is 2.09. The molecule has 27 heavy (non-hydrogen) atoms. The number of fused-ring (bicyclic) bond motifs is 2. The quantitative estimate of drug-likeness (QED) is 0.532. The SMILES string of the molecule is O=C(CCn1cnc2ccc(Br)cc2c1=O)Nc1cccc2ccccc12. The molecule has 1 N–H and O–H groups in total. The van der Waals surface area contributed by atoms with Crippen molar-refractivity contribution in [1.82, 2.24) is 9.55 Å². The van der Waals surface area contributed by atoms with Crippen molar-refractivity contribution < 1.29 is 4.79 Å². The van der Waals surface area contributed by atoms with Crippen molar-refractivity contribution >= 4 is 49.2 Å². The Morgan fingerprint density at radius 2 is 1.85 bits per heavy atom. The number of anilines is 1. The molecule has 5 nitrogen and oxygen atoms in total. The van der Waals surface area contributed by atoms with E-state index >= 15 is 0 Å². The summed E-state index contributed by atoms with van der Waals surface area (Å²) in [6, 6.07) is 19.1. The Balaban J connectivity index is 1.52. The Bertz CT molecular complexity index is 1210. The smallest absolute Gasteiger partial charge is 0.261 e. The number of amides is 1. The van der Waals surface area contributed by atoms with Gasteiger partial charge in [-0.2, -0.15) is 0 Å². The van der Waals surface area contributed by atoms with E-state index in [0.717, 1.165) is 20.9 Å². The summed E-state index contributed by atoms with van der Waals surface area (Å²) in [5.74, 6) is -0.146. The molecule has 0 aliphatic rings. The molecular weight excluding hydrogens is 406 g/mol. The minimum atomic E-state index is -0.153. The van der Waals surface area contributed by atoms with E-state index in [9.17, 15) is 9.59 Å². The number of rotatable bonds is 4. The normalized spacial score (nSPS) is 11.0. The van der Waals surface area contributed by atoms with Crippen molar-refractivity contribution in [3.05, 3.63) is 81.8 Å². The number of aromatic nitrogens is 2. The number of carbonyl (C=O) groups excluding carboxylic acids is 1. The fourth-order valence-corrected chi connectivity index (χ4v) is 3.42. The third kappa shape index (κ3) is 3.61. The zero-order chi connectivity index (χ0) is 18.8. The summed E-state index contributed by atoms with van der Waals surface area (Å²) in [7, 11) is 0. The predicted octanol–water partition coefficient (Wildman–Crippen LogP) is 4.34. The summed E-state index contributed by atoms with van der Waals surface area (Å²) in [6.45, 7) is 0.269. The predicted molar refractivity (Wildman–Crippen MR) is 111 cm³/mol. The van der Waals surface area contributed by atoms with Gasteiger partial charge in [0.1, 0.15) is 0 Å². The standard InChI is InChI=1S/C21H16BrN3O2/c22-15-8-9-18-17(12-15)21(27)25(13-23-18)11-10-20(26)24-19-7-3-5-14-4-1-2-6-16(14)19/h1-9,12-13H,10-11H2,(H,24,26). The molecule has 1 amide bonds.